The summed E-state index contributed by atoms with van der Waals surface area (Å²) in [6.07, 6.45) is -4.12. The molecule has 0 amide bonds. The molecule has 1 aromatic carbocycles. The number of benzene rings is 1. The second kappa shape index (κ2) is 7.11. The number of ether oxygens (including phenoxy) is 1. The predicted octanol–water partition coefficient (Wildman–Crippen LogP) is 1.91. The fourth-order valence-electron chi connectivity index (χ4n) is 2.57. The lowest BCUT2D eigenvalue weighted by atomic mass is 10.0. The Bertz CT molecular complexity index is 431. The SMILES string of the molecule is OCC[C@H](c1ccc(OC(F)(F)F)cc1)N1CCNCC1. The Morgan fingerprint density at radius 2 is 1.81 bits per heavy atom. The van der Waals surface area contributed by atoms with Gasteiger partial charge in [0.15, 0.2) is 0 Å². The molecule has 1 saturated heterocycles. The van der Waals surface area contributed by atoms with Gasteiger partial charge in [-0.25, -0.2) is 0 Å². The quantitative estimate of drug-likeness (QED) is 0.872. The van der Waals surface area contributed by atoms with E-state index in [-0.39, 0.29) is 18.4 Å². The van der Waals surface area contributed by atoms with Crippen molar-refractivity contribution in [3.8, 4) is 5.75 Å². The number of hydrogen-bond acceptors (Lipinski definition) is 4. The number of nitrogens with one attached hydrogen (secondary N) is 1. The molecule has 0 aromatic heterocycles. The molecular weight excluding hydrogens is 285 g/mol. The van der Waals surface area contributed by atoms with E-state index < -0.39 is 6.36 Å². The minimum absolute atomic E-state index is 0.0111. The van der Waals surface area contributed by atoms with Crippen molar-refractivity contribution in [1.29, 1.82) is 0 Å². The second-order valence-corrected chi connectivity index (χ2v) is 4.93. The molecule has 0 aliphatic carbocycles. The summed E-state index contributed by atoms with van der Waals surface area (Å²) in [6, 6.07) is 5.90. The molecule has 21 heavy (non-hydrogen) atoms. The van der Waals surface area contributed by atoms with E-state index in [1.165, 1.54) is 12.1 Å². The van der Waals surface area contributed by atoms with E-state index in [0.29, 0.717) is 6.42 Å². The third kappa shape index (κ3) is 4.87. The summed E-state index contributed by atoms with van der Waals surface area (Å²) < 4.78 is 40.3. The van der Waals surface area contributed by atoms with Gasteiger partial charge in [-0.15, -0.1) is 13.2 Å². The Labute approximate surface area is 121 Å². The van der Waals surface area contributed by atoms with Crippen LogP contribution in [0.4, 0.5) is 13.2 Å². The van der Waals surface area contributed by atoms with Crippen LogP contribution in [0.15, 0.2) is 24.3 Å². The molecule has 118 valence electrons. The van der Waals surface area contributed by atoms with Crippen molar-refractivity contribution in [3.05, 3.63) is 29.8 Å². The zero-order chi connectivity index (χ0) is 15.3. The number of piperazine rings is 1. The van der Waals surface area contributed by atoms with Crippen LogP contribution in [0.2, 0.25) is 0 Å². The Hall–Kier alpha value is -1.31. The molecule has 1 fully saturated rings. The van der Waals surface area contributed by atoms with Crippen molar-refractivity contribution < 1.29 is 23.0 Å². The van der Waals surface area contributed by atoms with Gasteiger partial charge in [0.05, 0.1) is 0 Å². The summed E-state index contributed by atoms with van der Waals surface area (Å²) >= 11 is 0. The van der Waals surface area contributed by atoms with Crippen LogP contribution in [0.1, 0.15) is 18.0 Å². The molecule has 1 aliphatic rings. The van der Waals surface area contributed by atoms with Gasteiger partial charge < -0.3 is 15.2 Å². The van der Waals surface area contributed by atoms with E-state index in [4.69, 9.17) is 0 Å². The second-order valence-electron chi connectivity index (χ2n) is 4.93. The lowest BCUT2D eigenvalue weighted by Crippen LogP contribution is -2.45. The number of rotatable bonds is 5. The molecule has 0 saturated carbocycles. The Balaban J connectivity index is 2.09. The summed E-state index contributed by atoms with van der Waals surface area (Å²) in [7, 11) is 0. The van der Waals surface area contributed by atoms with Gasteiger partial charge in [-0.1, -0.05) is 12.1 Å². The van der Waals surface area contributed by atoms with Gasteiger partial charge in [0.2, 0.25) is 0 Å². The number of hydrogen-bond donors (Lipinski definition) is 2. The number of halogens is 3. The van der Waals surface area contributed by atoms with E-state index >= 15 is 0 Å². The first-order valence-electron chi connectivity index (χ1n) is 6.91. The standard InChI is InChI=1S/C14H19F3N2O2/c15-14(16,17)21-12-3-1-11(2-4-12)13(5-10-20)19-8-6-18-7-9-19/h1-4,13,18,20H,5-10H2/t13-/m1/s1. The first-order chi connectivity index (χ1) is 9.99. The van der Waals surface area contributed by atoms with Gasteiger partial charge in [-0.3, -0.25) is 4.90 Å². The average molecular weight is 304 g/mol. The van der Waals surface area contributed by atoms with Crippen LogP contribution in [-0.4, -0.2) is 49.2 Å². The molecule has 7 heteroatoms. The van der Waals surface area contributed by atoms with Crippen molar-refractivity contribution in [2.24, 2.45) is 0 Å². The van der Waals surface area contributed by atoms with Crippen LogP contribution in [0.25, 0.3) is 0 Å². The average Bonchev–Trinajstić information content (AvgIpc) is 2.45. The molecule has 0 bridgehead atoms. The maximum absolute atomic E-state index is 12.1. The first-order valence-corrected chi connectivity index (χ1v) is 6.91. The zero-order valence-electron chi connectivity index (χ0n) is 11.6. The van der Waals surface area contributed by atoms with Gasteiger partial charge in [-0.05, 0) is 24.1 Å². The van der Waals surface area contributed by atoms with Crippen LogP contribution >= 0.6 is 0 Å². The maximum atomic E-state index is 12.1. The lowest BCUT2D eigenvalue weighted by Gasteiger charge is -2.35. The normalized spacial score (nSPS) is 18.5. The van der Waals surface area contributed by atoms with Crippen molar-refractivity contribution in [3.63, 3.8) is 0 Å². The molecule has 1 heterocycles. The number of nitrogens with zero attached hydrogens (tertiary/aromatic N) is 1. The highest BCUT2D eigenvalue weighted by molar-refractivity contribution is 5.29. The van der Waals surface area contributed by atoms with Gasteiger partial charge in [0, 0.05) is 38.8 Å². The highest BCUT2D eigenvalue weighted by Crippen LogP contribution is 2.28. The van der Waals surface area contributed by atoms with Crippen LogP contribution in [0.5, 0.6) is 5.75 Å². The van der Waals surface area contributed by atoms with E-state index in [9.17, 15) is 18.3 Å². The minimum atomic E-state index is -4.68. The summed E-state index contributed by atoms with van der Waals surface area (Å²) in [4.78, 5) is 2.23. The monoisotopic (exact) mass is 304 g/mol. The Kier molecular flexibility index (Phi) is 5.44. The molecule has 0 radical (unpaired) electrons. The summed E-state index contributed by atoms with van der Waals surface area (Å²) in [5, 5.41) is 12.5. The van der Waals surface area contributed by atoms with Crippen LogP contribution in [-0.2, 0) is 0 Å². The Morgan fingerprint density at radius 1 is 1.19 bits per heavy atom. The van der Waals surface area contributed by atoms with Gasteiger partial charge in [0.25, 0.3) is 0 Å². The molecule has 1 atom stereocenters. The van der Waals surface area contributed by atoms with Gasteiger partial charge in [-0.2, -0.15) is 0 Å². The van der Waals surface area contributed by atoms with Crippen LogP contribution in [0.3, 0.4) is 0 Å². The summed E-state index contributed by atoms with van der Waals surface area (Å²) in [5.41, 5.74) is 0.889. The van der Waals surface area contributed by atoms with Crippen molar-refractivity contribution in [2.75, 3.05) is 32.8 Å². The fourth-order valence-corrected chi connectivity index (χ4v) is 2.57. The summed E-state index contributed by atoms with van der Waals surface area (Å²) in [5.74, 6) is -0.227. The highest BCUT2D eigenvalue weighted by Gasteiger charge is 2.31. The number of alkyl halides is 3. The Morgan fingerprint density at radius 3 is 2.33 bits per heavy atom. The molecule has 1 aliphatic heterocycles. The lowest BCUT2D eigenvalue weighted by molar-refractivity contribution is -0.274. The van der Waals surface area contributed by atoms with E-state index in [2.05, 4.69) is 15.0 Å². The van der Waals surface area contributed by atoms with Crippen LogP contribution < -0.4 is 10.1 Å². The third-order valence-electron chi connectivity index (χ3n) is 3.49. The first kappa shape index (κ1) is 16.1. The zero-order valence-corrected chi connectivity index (χ0v) is 11.6. The maximum Gasteiger partial charge on any atom is 0.573 e. The van der Waals surface area contributed by atoms with Crippen molar-refractivity contribution in [2.45, 2.75) is 18.8 Å². The summed E-state index contributed by atoms with van der Waals surface area (Å²) in [6.45, 7) is 3.49. The largest absolute Gasteiger partial charge is 0.573 e. The smallest absolute Gasteiger partial charge is 0.406 e. The van der Waals surface area contributed by atoms with Crippen molar-refractivity contribution >= 4 is 0 Å². The van der Waals surface area contributed by atoms with Crippen molar-refractivity contribution in [1.82, 2.24) is 10.2 Å². The van der Waals surface area contributed by atoms with E-state index in [1.54, 1.807) is 12.1 Å². The fraction of sp³-hybridized carbons (Fsp3) is 0.571. The van der Waals surface area contributed by atoms with E-state index in [1.807, 2.05) is 0 Å². The highest BCUT2D eigenvalue weighted by atomic mass is 19.4. The number of aliphatic hydroxyl groups is 1. The van der Waals surface area contributed by atoms with Gasteiger partial charge in [0.1, 0.15) is 5.75 Å². The third-order valence-corrected chi connectivity index (χ3v) is 3.49. The molecule has 4 nitrogen and oxygen atoms in total. The predicted molar refractivity (Wildman–Crippen MR) is 72.0 cm³/mol. The molecular formula is C14H19F3N2O2. The molecule has 1 aromatic rings. The molecule has 2 rings (SSSR count). The number of aliphatic hydroxyl groups excluding tert-OH is 1. The topological polar surface area (TPSA) is 44.7 Å². The molecule has 2 N–H and O–H groups in total. The minimum Gasteiger partial charge on any atom is -0.406 e. The van der Waals surface area contributed by atoms with E-state index in [0.717, 1.165) is 31.7 Å². The molecule has 0 unspecified atom stereocenters. The molecule has 0 spiro atoms. The van der Waals surface area contributed by atoms with Crippen LogP contribution in [0, 0.1) is 0 Å². The van der Waals surface area contributed by atoms with Gasteiger partial charge >= 0.3 is 6.36 Å².